The molecule has 0 radical (unpaired) electrons. The van der Waals surface area contributed by atoms with Gasteiger partial charge >= 0.3 is 6.09 Å². The van der Waals surface area contributed by atoms with Crippen molar-refractivity contribution in [2.45, 2.75) is 45.7 Å². The van der Waals surface area contributed by atoms with E-state index in [1.54, 1.807) is 0 Å². The van der Waals surface area contributed by atoms with Gasteiger partial charge in [0.25, 0.3) is 0 Å². The minimum atomic E-state index is -0.153. The highest BCUT2D eigenvalue weighted by atomic mass is 16.6. The van der Waals surface area contributed by atoms with Gasteiger partial charge in [-0.05, 0) is 32.7 Å². The molecule has 3 rings (SSSR count). The Morgan fingerprint density at radius 2 is 1.93 bits per heavy atom. The van der Waals surface area contributed by atoms with Gasteiger partial charge in [0.15, 0.2) is 0 Å². The first kappa shape index (κ1) is 20.1. The standard InChI is InChI=1S/C20H35N5O2/c1-16(2)14-27-19(26)25-8-6-20(7-9-25)15-24(11-10-22(20)4)13-18-12-21-23(5)17(18)3/h12,16H,6-11,13-15H2,1-5H3. The second-order valence-corrected chi connectivity index (χ2v) is 8.69. The topological polar surface area (TPSA) is 53.8 Å². The van der Waals surface area contributed by atoms with E-state index in [0.717, 1.165) is 52.1 Å². The number of carbonyl (C=O) groups excluding carboxylic acids is 1. The normalized spacial score (nSPS) is 21.2. The van der Waals surface area contributed by atoms with E-state index in [1.807, 2.05) is 22.8 Å². The van der Waals surface area contributed by atoms with Crippen molar-refractivity contribution in [3.63, 3.8) is 0 Å². The maximum atomic E-state index is 12.3. The van der Waals surface area contributed by atoms with E-state index in [1.165, 1.54) is 11.3 Å². The average Bonchev–Trinajstić information content (AvgIpc) is 2.95. The van der Waals surface area contributed by atoms with Crippen molar-refractivity contribution in [3.8, 4) is 0 Å². The predicted octanol–water partition coefficient (Wildman–Crippen LogP) is 2.10. The van der Waals surface area contributed by atoms with Crippen LogP contribution in [-0.2, 0) is 18.3 Å². The van der Waals surface area contributed by atoms with Gasteiger partial charge in [-0.25, -0.2) is 4.79 Å². The summed E-state index contributed by atoms with van der Waals surface area (Å²) < 4.78 is 7.36. The highest BCUT2D eigenvalue weighted by molar-refractivity contribution is 5.67. The number of piperidine rings is 1. The summed E-state index contributed by atoms with van der Waals surface area (Å²) in [5.41, 5.74) is 2.71. The molecule has 7 nitrogen and oxygen atoms in total. The molecule has 0 atom stereocenters. The second-order valence-electron chi connectivity index (χ2n) is 8.69. The van der Waals surface area contributed by atoms with Crippen molar-refractivity contribution in [1.82, 2.24) is 24.5 Å². The van der Waals surface area contributed by atoms with Crippen LogP contribution in [0.1, 0.15) is 37.9 Å². The lowest BCUT2D eigenvalue weighted by Gasteiger charge is -2.53. The van der Waals surface area contributed by atoms with E-state index < -0.39 is 0 Å². The smallest absolute Gasteiger partial charge is 0.409 e. The Hall–Kier alpha value is -1.60. The number of hydrogen-bond donors (Lipinski definition) is 0. The minimum Gasteiger partial charge on any atom is -0.449 e. The van der Waals surface area contributed by atoms with E-state index in [-0.39, 0.29) is 11.6 Å². The van der Waals surface area contributed by atoms with Crippen LogP contribution >= 0.6 is 0 Å². The Morgan fingerprint density at radius 3 is 2.52 bits per heavy atom. The van der Waals surface area contributed by atoms with Crippen LogP contribution in [0.4, 0.5) is 4.79 Å². The van der Waals surface area contributed by atoms with Crippen molar-refractivity contribution in [1.29, 1.82) is 0 Å². The summed E-state index contributed by atoms with van der Waals surface area (Å²) >= 11 is 0. The first-order valence-electron chi connectivity index (χ1n) is 10.1. The zero-order valence-electron chi connectivity index (χ0n) is 17.6. The van der Waals surface area contributed by atoms with Crippen molar-refractivity contribution in [3.05, 3.63) is 17.5 Å². The Morgan fingerprint density at radius 1 is 1.22 bits per heavy atom. The molecule has 0 saturated carbocycles. The number of aryl methyl sites for hydroxylation is 1. The average molecular weight is 378 g/mol. The zero-order chi connectivity index (χ0) is 19.6. The summed E-state index contributed by atoms with van der Waals surface area (Å²) in [7, 11) is 4.23. The number of aromatic nitrogens is 2. The molecular weight excluding hydrogens is 342 g/mol. The van der Waals surface area contributed by atoms with E-state index in [2.05, 4.69) is 42.7 Å². The number of nitrogens with zero attached hydrogens (tertiary/aromatic N) is 5. The van der Waals surface area contributed by atoms with E-state index >= 15 is 0 Å². The van der Waals surface area contributed by atoms with E-state index in [9.17, 15) is 4.79 Å². The molecule has 2 aliphatic heterocycles. The minimum absolute atomic E-state index is 0.153. The van der Waals surface area contributed by atoms with Crippen LogP contribution in [0.5, 0.6) is 0 Å². The lowest BCUT2D eigenvalue weighted by molar-refractivity contribution is -0.0294. The fourth-order valence-corrected chi connectivity index (χ4v) is 4.19. The number of likely N-dealkylation sites (N-methyl/N-ethyl adjacent to an activating group) is 1. The number of piperazine rings is 1. The van der Waals surface area contributed by atoms with Crippen LogP contribution in [0.25, 0.3) is 0 Å². The number of amides is 1. The molecule has 0 bridgehead atoms. The summed E-state index contributed by atoms with van der Waals surface area (Å²) in [6.07, 6.45) is 3.85. The fraction of sp³-hybridized carbons (Fsp3) is 0.800. The third-order valence-electron chi connectivity index (χ3n) is 6.30. The molecular formula is C20H35N5O2. The molecule has 7 heteroatoms. The molecule has 3 heterocycles. The lowest BCUT2D eigenvalue weighted by Crippen LogP contribution is -2.64. The Balaban J connectivity index is 1.58. The molecule has 1 spiro atoms. The van der Waals surface area contributed by atoms with Crippen molar-refractivity contribution >= 4 is 6.09 Å². The van der Waals surface area contributed by atoms with Crippen LogP contribution < -0.4 is 0 Å². The van der Waals surface area contributed by atoms with Gasteiger partial charge in [0, 0.05) is 63.1 Å². The molecule has 1 aromatic rings. The van der Waals surface area contributed by atoms with Gasteiger partial charge in [-0.3, -0.25) is 14.5 Å². The lowest BCUT2D eigenvalue weighted by atomic mass is 9.83. The van der Waals surface area contributed by atoms with Gasteiger partial charge in [0.1, 0.15) is 0 Å². The highest BCUT2D eigenvalue weighted by Crippen LogP contribution is 2.32. The van der Waals surface area contributed by atoms with Crippen LogP contribution in [0, 0.1) is 12.8 Å². The molecule has 2 fully saturated rings. The molecule has 1 aromatic heterocycles. The van der Waals surface area contributed by atoms with Crippen LogP contribution in [0.3, 0.4) is 0 Å². The molecule has 0 aliphatic carbocycles. The third kappa shape index (κ3) is 4.46. The summed E-state index contributed by atoms with van der Waals surface area (Å²) in [4.78, 5) is 19.2. The van der Waals surface area contributed by atoms with Crippen molar-refractivity contribution < 1.29 is 9.53 Å². The number of rotatable bonds is 4. The molecule has 27 heavy (non-hydrogen) atoms. The number of carbonyl (C=O) groups is 1. The second kappa shape index (κ2) is 8.19. The van der Waals surface area contributed by atoms with E-state index in [0.29, 0.717) is 12.5 Å². The Bertz CT molecular complexity index is 649. The summed E-state index contributed by atoms with van der Waals surface area (Å²) in [5.74, 6) is 0.374. The molecule has 0 unspecified atom stereocenters. The molecule has 2 aliphatic rings. The zero-order valence-corrected chi connectivity index (χ0v) is 17.6. The Labute approximate surface area is 163 Å². The Kier molecular flexibility index (Phi) is 6.11. The van der Waals surface area contributed by atoms with Crippen molar-refractivity contribution in [2.75, 3.05) is 46.4 Å². The summed E-state index contributed by atoms with van der Waals surface area (Å²) in [6.45, 7) is 12.5. The van der Waals surface area contributed by atoms with Gasteiger partial charge in [-0.15, -0.1) is 0 Å². The molecule has 0 N–H and O–H groups in total. The first-order valence-corrected chi connectivity index (χ1v) is 10.1. The molecule has 152 valence electrons. The van der Waals surface area contributed by atoms with Gasteiger partial charge in [-0.2, -0.15) is 5.10 Å². The van der Waals surface area contributed by atoms with E-state index in [4.69, 9.17) is 4.74 Å². The predicted molar refractivity (Wildman–Crippen MR) is 106 cm³/mol. The first-order chi connectivity index (χ1) is 12.8. The monoisotopic (exact) mass is 377 g/mol. The highest BCUT2D eigenvalue weighted by Gasteiger charge is 2.43. The van der Waals surface area contributed by atoms with Crippen molar-refractivity contribution in [2.24, 2.45) is 13.0 Å². The van der Waals surface area contributed by atoms with Gasteiger partial charge in [0.05, 0.1) is 12.8 Å². The fourth-order valence-electron chi connectivity index (χ4n) is 4.19. The number of likely N-dealkylation sites (tertiary alicyclic amines) is 1. The molecule has 0 aromatic carbocycles. The van der Waals surface area contributed by atoms with Gasteiger partial charge in [-0.1, -0.05) is 13.8 Å². The largest absolute Gasteiger partial charge is 0.449 e. The maximum absolute atomic E-state index is 12.3. The summed E-state index contributed by atoms with van der Waals surface area (Å²) in [5, 5.41) is 4.38. The molecule has 2 saturated heterocycles. The third-order valence-corrected chi connectivity index (χ3v) is 6.30. The SMILES string of the molecule is Cc1c(CN2CCN(C)C3(CCN(C(=O)OCC(C)C)CC3)C2)cnn1C. The van der Waals surface area contributed by atoms with Crippen LogP contribution in [0.15, 0.2) is 6.20 Å². The quantitative estimate of drug-likeness (QED) is 0.804. The number of hydrogen-bond acceptors (Lipinski definition) is 5. The maximum Gasteiger partial charge on any atom is 0.409 e. The van der Waals surface area contributed by atoms with Gasteiger partial charge < -0.3 is 9.64 Å². The van der Waals surface area contributed by atoms with Gasteiger partial charge in [0.2, 0.25) is 0 Å². The van der Waals surface area contributed by atoms with Crippen LogP contribution in [-0.4, -0.2) is 82.5 Å². The van der Waals surface area contributed by atoms with Crippen LogP contribution in [0.2, 0.25) is 0 Å². The molecule has 1 amide bonds. The summed E-state index contributed by atoms with van der Waals surface area (Å²) in [6, 6.07) is 0. The number of ether oxygens (including phenoxy) is 1.